The number of carboxylic acids is 1. The minimum Gasteiger partial charge on any atom is -0.475 e. The van der Waals surface area contributed by atoms with Gasteiger partial charge < -0.3 is 24.9 Å². The average molecular weight is 270 g/mol. The van der Waals surface area contributed by atoms with Gasteiger partial charge in [0.1, 0.15) is 5.76 Å². The second-order valence-electron chi connectivity index (χ2n) is 3.96. The van der Waals surface area contributed by atoms with Crippen LogP contribution in [0, 0.1) is 0 Å². The van der Waals surface area contributed by atoms with Crippen molar-refractivity contribution in [3.05, 3.63) is 23.7 Å². The highest BCUT2D eigenvalue weighted by atomic mass is 16.5. The first-order chi connectivity index (χ1) is 9.06. The summed E-state index contributed by atoms with van der Waals surface area (Å²) in [6, 6.07) is 2.45. The molecular weight excluding hydrogens is 252 g/mol. The second-order valence-corrected chi connectivity index (χ2v) is 3.96. The van der Waals surface area contributed by atoms with Crippen molar-refractivity contribution in [2.45, 2.75) is 25.9 Å². The molecule has 1 atom stereocenters. The van der Waals surface area contributed by atoms with Gasteiger partial charge >= 0.3 is 12.0 Å². The molecule has 106 valence electrons. The summed E-state index contributed by atoms with van der Waals surface area (Å²) in [4.78, 5) is 22.2. The predicted octanol–water partition coefficient (Wildman–Crippen LogP) is 1.20. The summed E-state index contributed by atoms with van der Waals surface area (Å²) in [5, 5.41) is 14.0. The zero-order chi connectivity index (χ0) is 14.3. The maximum absolute atomic E-state index is 11.6. The van der Waals surface area contributed by atoms with Crippen LogP contribution in [-0.2, 0) is 11.3 Å². The molecule has 1 rings (SSSR count). The summed E-state index contributed by atoms with van der Waals surface area (Å²) in [5.41, 5.74) is 0. The molecule has 0 aliphatic rings. The summed E-state index contributed by atoms with van der Waals surface area (Å²) in [5.74, 6) is -0.905. The predicted molar refractivity (Wildman–Crippen MR) is 67.0 cm³/mol. The van der Waals surface area contributed by atoms with Crippen LogP contribution in [0.25, 0.3) is 0 Å². The minimum atomic E-state index is -1.14. The summed E-state index contributed by atoms with van der Waals surface area (Å²) in [6.45, 7) is 2.51. The highest BCUT2D eigenvalue weighted by molar-refractivity contribution is 5.84. The van der Waals surface area contributed by atoms with E-state index in [1.807, 2.05) is 6.92 Å². The van der Waals surface area contributed by atoms with Gasteiger partial charge in [-0.1, -0.05) is 6.92 Å². The number of carboxylic acid groups (broad SMARTS) is 1. The number of furan rings is 1. The van der Waals surface area contributed by atoms with Crippen molar-refractivity contribution < 1.29 is 23.8 Å². The number of hydrogen-bond acceptors (Lipinski definition) is 4. The topological polar surface area (TPSA) is 101 Å². The molecule has 7 heteroatoms. The Bertz CT molecular complexity index is 430. The lowest BCUT2D eigenvalue weighted by molar-refractivity contribution is 0.0660. The number of carbonyl (C=O) groups is 2. The zero-order valence-electron chi connectivity index (χ0n) is 10.9. The zero-order valence-corrected chi connectivity index (χ0v) is 10.9. The van der Waals surface area contributed by atoms with E-state index in [1.54, 1.807) is 7.11 Å². The first-order valence-electron chi connectivity index (χ1n) is 5.92. The van der Waals surface area contributed by atoms with Gasteiger partial charge in [0.15, 0.2) is 0 Å². The van der Waals surface area contributed by atoms with Crippen LogP contribution in [0.15, 0.2) is 16.5 Å². The highest BCUT2D eigenvalue weighted by Crippen LogP contribution is 2.07. The Labute approximate surface area is 110 Å². The molecule has 2 amide bonds. The van der Waals surface area contributed by atoms with Crippen molar-refractivity contribution in [3.63, 3.8) is 0 Å². The number of carbonyl (C=O) groups excluding carboxylic acids is 1. The van der Waals surface area contributed by atoms with Gasteiger partial charge in [0, 0.05) is 7.11 Å². The Morgan fingerprint density at radius 1 is 1.47 bits per heavy atom. The van der Waals surface area contributed by atoms with Gasteiger partial charge in [-0.2, -0.15) is 0 Å². The van der Waals surface area contributed by atoms with Gasteiger partial charge in [-0.3, -0.25) is 0 Å². The van der Waals surface area contributed by atoms with E-state index in [4.69, 9.17) is 14.3 Å². The number of ether oxygens (including phenoxy) is 1. The van der Waals surface area contributed by atoms with E-state index in [-0.39, 0.29) is 24.4 Å². The normalized spacial score (nSPS) is 11.9. The molecule has 0 aliphatic heterocycles. The Morgan fingerprint density at radius 2 is 2.21 bits per heavy atom. The van der Waals surface area contributed by atoms with Gasteiger partial charge in [0.05, 0.1) is 19.2 Å². The molecule has 1 aromatic rings. The lowest BCUT2D eigenvalue weighted by atomic mass is 10.2. The molecule has 0 radical (unpaired) electrons. The number of nitrogens with one attached hydrogen (secondary N) is 2. The van der Waals surface area contributed by atoms with Crippen LogP contribution < -0.4 is 10.6 Å². The fourth-order valence-corrected chi connectivity index (χ4v) is 1.45. The molecule has 0 saturated carbocycles. The molecular formula is C12H18N2O5. The first kappa shape index (κ1) is 15.0. The maximum atomic E-state index is 11.6. The van der Waals surface area contributed by atoms with Crippen LogP contribution >= 0.6 is 0 Å². The largest absolute Gasteiger partial charge is 0.475 e. The monoisotopic (exact) mass is 270 g/mol. The van der Waals surface area contributed by atoms with E-state index in [0.717, 1.165) is 6.42 Å². The van der Waals surface area contributed by atoms with Gasteiger partial charge in [0.2, 0.25) is 5.76 Å². The Kier molecular flexibility index (Phi) is 5.87. The lowest BCUT2D eigenvalue weighted by Crippen LogP contribution is -2.43. The van der Waals surface area contributed by atoms with Gasteiger partial charge in [-0.25, -0.2) is 9.59 Å². The average Bonchev–Trinajstić information content (AvgIpc) is 2.84. The summed E-state index contributed by atoms with van der Waals surface area (Å²) in [7, 11) is 1.57. The molecule has 1 unspecified atom stereocenters. The van der Waals surface area contributed by atoms with E-state index in [0.29, 0.717) is 12.4 Å². The molecule has 1 heterocycles. The van der Waals surface area contributed by atoms with Crippen LogP contribution in [0.3, 0.4) is 0 Å². The molecule has 0 saturated heterocycles. The van der Waals surface area contributed by atoms with Gasteiger partial charge in [-0.05, 0) is 18.6 Å². The number of methoxy groups -OCH3 is 1. The molecule has 0 bridgehead atoms. The number of amides is 2. The third-order valence-corrected chi connectivity index (χ3v) is 2.49. The van der Waals surface area contributed by atoms with Crippen LogP contribution in [0.1, 0.15) is 29.7 Å². The second kappa shape index (κ2) is 7.42. The van der Waals surface area contributed by atoms with Crippen molar-refractivity contribution in [1.29, 1.82) is 0 Å². The number of urea groups is 1. The van der Waals surface area contributed by atoms with Crippen LogP contribution in [0.2, 0.25) is 0 Å². The van der Waals surface area contributed by atoms with Crippen molar-refractivity contribution in [3.8, 4) is 0 Å². The fourth-order valence-electron chi connectivity index (χ4n) is 1.45. The third kappa shape index (κ3) is 5.01. The number of rotatable bonds is 7. The van der Waals surface area contributed by atoms with E-state index in [1.165, 1.54) is 12.1 Å². The molecule has 0 aliphatic carbocycles. The summed E-state index contributed by atoms with van der Waals surface area (Å²) in [6.07, 6.45) is 0.755. The van der Waals surface area contributed by atoms with Crippen LogP contribution in [0.5, 0.6) is 0 Å². The number of hydrogen-bond donors (Lipinski definition) is 3. The fraction of sp³-hybridized carbons (Fsp3) is 0.500. The molecule has 3 N–H and O–H groups in total. The highest BCUT2D eigenvalue weighted by Gasteiger charge is 2.12. The number of aromatic carboxylic acids is 1. The molecule has 19 heavy (non-hydrogen) atoms. The molecule has 7 nitrogen and oxygen atoms in total. The summed E-state index contributed by atoms with van der Waals surface area (Å²) >= 11 is 0. The van der Waals surface area contributed by atoms with Crippen LogP contribution in [0.4, 0.5) is 4.79 Å². The van der Waals surface area contributed by atoms with Gasteiger partial charge in [-0.15, -0.1) is 0 Å². The smallest absolute Gasteiger partial charge is 0.371 e. The lowest BCUT2D eigenvalue weighted by Gasteiger charge is -2.15. The van der Waals surface area contributed by atoms with Gasteiger partial charge in [0.25, 0.3) is 0 Å². The molecule has 1 aromatic heterocycles. The van der Waals surface area contributed by atoms with E-state index in [9.17, 15) is 9.59 Å². The third-order valence-electron chi connectivity index (χ3n) is 2.49. The Balaban J connectivity index is 2.38. The quantitative estimate of drug-likeness (QED) is 0.691. The van der Waals surface area contributed by atoms with Crippen molar-refractivity contribution in [1.82, 2.24) is 10.6 Å². The maximum Gasteiger partial charge on any atom is 0.371 e. The Hall–Kier alpha value is -2.02. The standard InChI is InChI=1S/C12H18N2O5/c1-3-8(7-18-2)14-12(17)13-6-9-4-5-10(19-9)11(15)16/h4-5,8H,3,6-7H2,1-2H3,(H,15,16)(H2,13,14,17). The molecule has 0 fully saturated rings. The van der Waals surface area contributed by atoms with Crippen molar-refractivity contribution in [2.24, 2.45) is 0 Å². The van der Waals surface area contributed by atoms with Crippen LogP contribution in [-0.4, -0.2) is 36.9 Å². The first-order valence-corrected chi connectivity index (χ1v) is 5.92. The van der Waals surface area contributed by atoms with E-state index in [2.05, 4.69) is 10.6 Å². The Morgan fingerprint density at radius 3 is 2.74 bits per heavy atom. The van der Waals surface area contributed by atoms with Crippen molar-refractivity contribution >= 4 is 12.0 Å². The molecule has 0 aromatic carbocycles. The van der Waals surface area contributed by atoms with E-state index < -0.39 is 5.97 Å². The SMILES string of the molecule is CCC(COC)NC(=O)NCc1ccc(C(=O)O)o1. The minimum absolute atomic E-state index is 0.0591. The van der Waals surface area contributed by atoms with E-state index >= 15 is 0 Å². The molecule has 0 spiro atoms. The summed E-state index contributed by atoms with van der Waals surface area (Å²) < 4.78 is 9.97. The van der Waals surface area contributed by atoms with Crippen molar-refractivity contribution in [2.75, 3.05) is 13.7 Å².